The predicted molar refractivity (Wildman–Crippen MR) is 79.5 cm³/mol. The SMILES string of the molecule is COc1c[nH+]n(-c2ccccc2[O-])c1-c1ccccc1.[Ca+2]. The molecule has 0 aliphatic rings. The second-order valence-corrected chi connectivity index (χ2v) is 4.36. The largest absolute Gasteiger partial charge is 2.00 e. The summed E-state index contributed by atoms with van der Waals surface area (Å²) in [5.74, 6) is 0.652. The first-order chi connectivity index (χ1) is 9.81. The molecule has 0 aliphatic carbocycles. The smallest absolute Gasteiger partial charge is 0.871 e. The van der Waals surface area contributed by atoms with Crippen molar-refractivity contribution in [3.05, 3.63) is 60.8 Å². The first kappa shape index (κ1) is 15.9. The minimum Gasteiger partial charge on any atom is -0.871 e. The number of para-hydroxylation sites is 2. The number of nitrogens with zero attached hydrogens (tertiary/aromatic N) is 1. The predicted octanol–water partition coefficient (Wildman–Crippen LogP) is 1.66. The van der Waals surface area contributed by atoms with Crippen molar-refractivity contribution in [2.45, 2.75) is 0 Å². The van der Waals surface area contributed by atoms with Gasteiger partial charge in [0.25, 0.3) is 0 Å². The summed E-state index contributed by atoms with van der Waals surface area (Å²) in [5.41, 5.74) is 2.37. The number of methoxy groups -OCH3 is 1. The molecule has 3 rings (SSSR count). The molecule has 0 radical (unpaired) electrons. The van der Waals surface area contributed by atoms with Gasteiger partial charge >= 0.3 is 37.7 Å². The van der Waals surface area contributed by atoms with Crippen LogP contribution in [0.1, 0.15) is 0 Å². The fraction of sp³-hybridized carbons (Fsp3) is 0.0625. The van der Waals surface area contributed by atoms with Gasteiger partial charge in [0, 0.05) is 5.56 Å². The van der Waals surface area contributed by atoms with Crippen molar-refractivity contribution < 1.29 is 14.9 Å². The van der Waals surface area contributed by atoms with Crippen molar-refractivity contribution in [2.75, 3.05) is 7.11 Å². The van der Waals surface area contributed by atoms with Gasteiger partial charge in [0.15, 0.2) is 5.69 Å². The number of benzene rings is 2. The van der Waals surface area contributed by atoms with Gasteiger partial charge in [0.2, 0.25) is 11.9 Å². The molecule has 1 aromatic heterocycles. The van der Waals surface area contributed by atoms with Crippen LogP contribution in [0.5, 0.6) is 11.5 Å². The summed E-state index contributed by atoms with van der Waals surface area (Å²) >= 11 is 0. The van der Waals surface area contributed by atoms with Crippen LogP contribution < -0.4 is 14.9 Å². The first-order valence-corrected chi connectivity index (χ1v) is 6.30. The van der Waals surface area contributed by atoms with E-state index in [1.54, 1.807) is 36.2 Å². The van der Waals surface area contributed by atoms with Gasteiger partial charge in [-0.25, -0.2) is 0 Å². The van der Waals surface area contributed by atoms with Crippen molar-refractivity contribution in [2.24, 2.45) is 0 Å². The molecule has 0 aliphatic heterocycles. The molecular weight excluding hydrogens is 292 g/mol. The van der Waals surface area contributed by atoms with Crippen molar-refractivity contribution in [1.29, 1.82) is 0 Å². The van der Waals surface area contributed by atoms with E-state index in [4.69, 9.17) is 4.74 Å². The monoisotopic (exact) mass is 306 g/mol. The Hall–Kier alpha value is -1.49. The third kappa shape index (κ3) is 3.07. The van der Waals surface area contributed by atoms with Crippen LogP contribution >= 0.6 is 0 Å². The molecule has 3 aromatic rings. The van der Waals surface area contributed by atoms with Gasteiger partial charge in [-0.05, 0) is 6.07 Å². The van der Waals surface area contributed by atoms with Crippen LogP contribution in [-0.4, -0.2) is 49.5 Å². The molecule has 0 saturated heterocycles. The second kappa shape index (κ2) is 6.98. The number of H-pyrrole nitrogens is 1. The van der Waals surface area contributed by atoms with Gasteiger partial charge in [0.05, 0.1) is 12.8 Å². The van der Waals surface area contributed by atoms with Gasteiger partial charge in [-0.2, -0.15) is 0 Å². The molecule has 0 saturated carbocycles. The van der Waals surface area contributed by atoms with E-state index in [-0.39, 0.29) is 43.5 Å². The molecule has 1 heterocycles. The summed E-state index contributed by atoms with van der Waals surface area (Å²) in [6.45, 7) is 0. The molecule has 0 unspecified atom stereocenters. The Kier molecular flexibility index (Phi) is 5.28. The molecule has 0 spiro atoms. The maximum atomic E-state index is 12.0. The van der Waals surface area contributed by atoms with Gasteiger partial charge in [-0.3, -0.25) is 0 Å². The van der Waals surface area contributed by atoms with E-state index < -0.39 is 0 Å². The van der Waals surface area contributed by atoms with Crippen LogP contribution in [0.15, 0.2) is 60.8 Å². The van der Waals surface area contributed by atoms with Gasteiger partial charge in [-0.1, -0.05) is 54.3 Å². The molecule has 5 heteroatoms. The Morgan fingerprint density at radius 2 is 1.67 bits per heavy atom. The van der Waals surface area contributed by atoms with E-state index in [0.717, 1.165) is 11.3 Å². The van der Waals surface area contributed by atoms with E-state index in [0.29, 0.717) is 11.4 Å². The zero-order valence-electron chi connectivity index (χ0n) is 11.7. The number of aromatic amines is 1. The van der Waals surface area contributed by atoms with E-state index in [1.807, 2.05) is 36.4 Å². The number of ether oxygens (including phenoxy) is 1. The van der Waals surface area contributed by atoms with Crippen LogP contribution in [0.4, 0.5) is 0 Å². The van der Waals surface area contributed by atoms with E-state index in [2.05, 4.69) is 5.10 Å². The molecule has 0 fully saturated rings. The van der Waals surface area contributed by atoms with E-state index in [1.165, 1.54) is 0 Å². The second-order valence-electron chi connectivity index (χ2n) is 4.36. The molecule has 1 N–H and O–H groups in total. The third-order valence-electron chi connectivity index (χ3n) is 3.16. The topological polar surface area (TPSA) is 51.4 Å². The molecule has 0 bridgehead atoms. The normalized spacial score (nSPS) is 9.95. The molecule has 2 aromatic carbocycles. The van der Waals surface area contributed by atoms with Crippen LogP contribution in [-0.2, 0) is 0 Å². The number of rotatable bonds is 3. The van der Waals surface area contributed by atoms with Crippen molar-refractivity contribution in [3.63, 3.8) is 0 Å². The Labute approximate surface area is 153 Å². The van der Waals surface area contributed by atoms with Crippen molar-refractivity contribution in [1.82, 2.24) is 4.68 Å². The average Bonchev–Trinajstić information content (AvgIpc) is 2.92. The summed E-state index contributed by atoms with van der Waals surface area (Å²) < 4.78 is 7.13. The minimum atomic E-state index is -0.0424. The zero-order chi connectivity index (χ0) is 13.9. The Morgan fingerprint density at radius 1 is 1.00 bits per heavy atom. The fourth-order valence-corrected chi connectivity index (χ4v) is 2.22. The zero-order valence-corrected chi connectivity index (χ0v) is 14.0. The van der Waals surface area contributed by atoms with Crippen LogP contribution in [0.2, 0.25) is 0 Å². The number of aromatic nitrogens is 2. The molecule has 4 nitrogen and oxygen atoms in total. The maximum Gasteiger partial charge on any atom is 2.00 e. The standard InChI is InChI=1S/C16H14N2O2.Ca/c1-20-15-11-17-18(13-9-5-6-10-14(13)19)16(15)12-7-3-2-4-8-12;/h2-11,19H,1H3;/q;+2. The molecule has 100 valence electrons. The third-order valence-corrected chi connectivity index (χ3v) is 3.16. The fourth-order valence-electron chi connectivity index (χ4n) is 2.22. The van der Waals surface area contributed by atoms with Crippen LogP contribution in [0, 0.1) is 0 Å². The molecule has 21 heavy (non-hydrogen) atoms. The van der Waals surface area contributed by atoms with Crippen molar-refractivity contribution in [3.8, 4) is 28.4 Å². The Bertz CT molecular complexity index is 726. The Balaban J connectivity index is 0.00000161. The van der Waals surface area contributed by atoms with Gasteiger partial charge in [0.1, 0.15) is 0 Å². The summed E-state index contributed by atoms with van der Waals surface area (Å²) in [4.78, 5) is 0. The number of hydrogen-bond acceptors (Lipinski definition) is 2. The average molecular weight is 306 g/mol. The minimum absolute atomic E-state index is 0. The van der Waals surface area contributed by atoms with Crippen molar-refractivity contribution >= 4 is 37.7 Å². The molecule has 0 atom stereocenters. The summed E-state index contributed by atoms with van der Waals surface area (Å²) in [5, 5.41) is 15.1. The van der Waals surface area contributed by atoms with E-state index >= 15 is 0 Å². The van der Waals surface area contributed by atoms with Crippen LogP contribution in [0.25, 0.3) is 16.9 Å². The molecule has 0 amide bonds. The maximum absolute atomic E-state index is 12.0. The summed E-state index contributed by atoms with van der Waals surface area (Å²) in [6, 6.07) is 16.7. The Morgan fingerprint density at radius 3 is 2.33 bits per heavy atom. The number of hydrogen-bond donors (Lipinski definition) is 0. The van der Waals surface area contributed by atoms with Gasteiger partial charge < -0.3 is 9.84 Å². The van der Waals surface area contributed by atoms with Gasteiger partial charge in [-0.15, -0.1) is 9.78 Å². The first-order valence-electron chi connectivity index (χ1n) is 6.30. The summed E-state index contributed by atoms with van der Waals surface area (Å²) in [6.07, 6.45) is 1.74. The quantitative estimate of drug-likeness (QED) is 0.691. The molecular formula is C16H14CaN2O2+2. The van der Waals surface area contributed by atoms with Crippen LogP contribution in [0.3, 0.4) is 0 Å². The summed E-state index contributed by atoms with van der Waals surface area (Å²) in [7, 11) is 1.61. The number of nitrogens with one attached hydrogen (secondary N) is 1. The van der Waals surface area contributed by atoms with E-state index in [9.17, 15) is 5.11 Å².